The quantitative estimate of drug-likeness (QED) is 0.339. The van der Waals surface area contributed by atoms with E-state index < -0.39 is 0 Å². The standard InChI is InChI=1S/C12H20O2/c1-3-5-6-7-8-10-12(14)11(13)9-4-2/h4,9H,3,5-8,10H2,1-2H3/b9-4+. The molecule has 0 aliphatic carbocycles. The van der Waals surface area contributed by atoms with E-state index >= 15 is 0 Å². The number of allylic oxidation sites excluding steroid dienone is 2. The molecule has 0 spiro atoms. The van der Waals surface area contributed by atoms with Crippen LogP contribution >= 0.6 is 0 Å². The van der Waals surface area contributed by atoms with Gasteiger partial charge in [-0.15, -0.1) is 0 Å². The number of ketones is 2. The van der Waals surface area contributed by atoms with Gasteiger partial charge < -0.3 is 0 Å². The third-order valence-corrected chi connectivity index (χ3v) is 2.10. The summed E-state index contributed by atoms with van der Waals surface area (Å²) in [4.78, 5) is 22.2. The first-order valence-corrected chi connectivity index (χ1v) is 5.42. The lowest BCUT2D eigenvalue weighted by Crippen LogP contribution is -2.10. The van der Waals surface area contributed by atoms with E-state index in [1.807, 2.05) is 0 Å². The van der Waals surface area contributed by atoms with Gasteiger partial charge in [0.25, 0.3) is 0 Å². The third kappa shape index (κ3) is 6.58. The maximum Gasteiger partial charge on any atom is 0.221 e. The zero-order valence-corrected chi connectivity index (χ0v) is 9.21. The van der Waals surface area contributed by atoms with E-state index in [1.54, 1.807) is 13.0 Å². The zero-order valence-electron chi connectivity index (χ0n) is 9.21. The van der Waals surface area contributed by atoms with Gasteiger partial charge in [-0.2, -0.15) is 0 Å². The highest BCUT2D eigenvalue weighted by Gasteiger charge is 2.08. The first-order valence-electron chi connectivity index (χ1n) is 5.42. The summed E-state index contributed by atoms with van der Waals surface area (Å²) < 4.78 is 0. The third-order valence-electron chi connectivity index (χ3n) is 2.10. The van der Waals surface area contributed by atoms with E-state index in [1.165, 1.54) is 25.3 Å². The molecule has 2 heteroatoms. The molecule has 0 rings (SSSR count). The lowest BCUT2D eigenvalue weighted by molar-refractivity contribution is -0.133. The average molecular weight is 196 g/mol. The Hall–Kier alpha value is -0.920. The van der Waals surface area contributed by atoms with Crippen molar-refractivity contribution in [3.8, 4) is 0 Å². The summed E-state index contributed by atoms with van der Waals surface area (Å²) in [7, 11) is 0. The fourth-order valence-corrected chi connectivity index (χ4v) is 1.26. The molecular weight excluding hydrogens is 176 g/mol. The van der Waals surface area contributed by atoms with Crippen molar-refractivity contribution < 1.29 is 9.59 Å². The number of carbonyl (C=O) groups is 2. The van der Waals surface area contributed by atoms with E-state index in [-0.39, 0.29) is 11.6 Å². The van der Waals surface area contributed by atoms with Gasteiger partial charge in [0.15, 0.2) is 0 Å². The summed E-state index contributed by atoms with van der Waals surface area (Å²) in [6.07, 6.45) is 8.85. The molecule has 0 aliphatic heterocycles. The molecule has 0 unspecified atom stereocenters. The summed E-state index contributed by atoms with van der Waals surface area (Å²) in [6, 6.07) is 0. The largest absolute Gasteiger partial charge is 0.291 e. The van der Waals surface area contributed by atoms with Gasteiger partial charge in [0.1, 0.15) is 0 Å². The molecule has 0 amide bonds. The number of rotatable bonds is 8. The molecule has 0 atom stereocenters. The molecule has 14 heavy (non-hydrogen) atoms. The first-order chi connectivity index (χ1) is 6.72. The molecule has 0 aliphatic rings. The van der Waals surface area contributed by atoms with Crippen LogP contribution in [0.5, 0.6) is 0 Å². The van der Waals surface area contributed by atoms with Crippen molar-refractivity contribution in [2.75, 3.05) is 0 Å². The van der Waals surface area contributed by atoms with Gasteiger partial charge in [-0.25, -0.2) is 0 Å². The highest BCUT2D eigenvalue weighted by Crippen LogP contribution is 2.05. The molecule has 0 aromatic carbocycles. The summed E-state index contributed by atoms with van der Waals surface area (Å²) in [5.74, 6) is -0.609. The van der Waals surface area contributed by atoms with Gasteiger partial charge >= 0.3 is 0 Å². The summed E-state index contributed by atoms with van der Waals surface area (Å²) in [5.41, 5.74) is 0. The van der Waals surface area contributed by atoms with E-state index in [2.05, 4.69) is 6.92 Å². The van der Waals surface area contributed by atoms with Crippen LogP contribution in [0.25, 0.3) is 0 Å². The second-order valence-electron chi connectivity index (χ2n) is 3.45. The fourth-order valence-electron chi connectivity index (χ4n) is 1.26. The molecular formula is C12H20O2. The highest BCUT2D eigenvalue weighted by molar-refractivity contribution is 6.41. The minimum Gasteiger partial charge on any atom is -0.291 e. The van der Waals surface area contributed by atoms with Gasteiger partial charge in [0.2, 0.25) is 11.6 Å². The van der Waals surface area contributed by atoms with Crippen molar-refractivity contribution in [2.24, 2.45) is 0 Å². The van der Waals surface area contributed by atoms with Crippen LogP contribution in [0.2, 0.25) is 0 Å². The number of hydrogen-bond acceptors (Lipinski definition) is 2. The van der Waals surface area contributed by atoms with E-state index in [0.717, 1.165) is 12.8 Å². The number of carbonyl (C=O) groups excluding carboxylic acids is 2. The minimum absolute atomic E-state index is 0.250. The average Bonchev–Trinajstić information content (AvgIpc) is 2.17. The summed E-state index contributed by atoms with van der Waals surface area (Å²) >= 11 is 0. The Morgan fingerprint density at radius 1 is 1.07 bits per heavy atom. The molecule has 2 nitrogen and oxygen atoms in total. The lowest BCUT2D eigenvalue weighted by Gasteiger charge is -1.97. The highest BCUT2D eigenvalue weighted by atomic mass is 16.2. The van der Waals surface area contributed by atoms with E-state index in [4.69, 9.17) is 0 Å². The van der Waals surface area contributed by atoms with Crippen LogP contribution in [0.1, 0.15) is 52.4 Å². The van der Waals surface area contributed by atoms with Crippen molar-refractivity contribution in [3.05, 3.63) is 12.2 Å². The molecule has 0 radical (unpaired) electrons. The number of unbranched alkanes of at least 4 members (excludes halogenated alkanes) is 4. The van der Waals surface area contributed by atoms with Crippen LogP contribution in [0.4, 0.5) is 0 Å². The van der Waals surface area contributed by atoms with Crippen LogP contribution in [0, 0.1) is 0 Å². The van der Waals surface area contributed by atoms with Crippen molar-refractivity contribution in [1.29, 1.82) is 0 Å². The monoisotopic (exact) mass is 196 g/mol. The van der Waals surface area contributed by atoms with Crippen LogP contribution in [-0.4, -0.2) is 11.6 Å². The van der Waals surface area contributed by atoms with Gasteiger partial charge in [-0.05, 0) is 19.4 Å². The molecule has 0 bridgehead atoms. The molecule has 0 saturated carbocycles. The fraction of sp³-hybridized carbons (Fsp3) is 0.667. The van der Waals surface area contributed by atoms with Gasteiger partial charge in [-0.1, -0.05) is 38.7 Å². The number of Topliss-reactive ketones (excluding diaryl/α,β-unsaturated/α-hetero) is 1. The Morgan fingerprint density at radius 2 is 1.71 bits per heavy atom. The van der Waals surface area contributed by atoms with Crippen LogP contribution in [-0.2, 0) is 9.59 Å². The predicted octanol–water partition coefficient (Wildman–Crippen LogP) is 3.06. The van der Waals surface area contributed by atoms with Crippen LogP contribution in [0.15, 0.2) is 12.2 Å². The Balaban J connectivity index is 3.49. The van der Waals surface area contributed by atoms with Crippen molar-refractivity contribution >= 4 is 11.6 Å². The molecule has 0 heterocycles. The maximum atomic E-state index is 11.2. The normalized spacial score (nSPS) is 10.7. The zero-order chi connectivity index (χ0) is 10.8. The summed E-state index contributed by atoms with van der Waals surface area (Å²) in [5, 5.41) is 0. The predicted molar refractivity (Wildman–Crippen MR) is 58.2 cm³/mol. The van der Waals surface area contributed by atoms with Gasteiger partial charge in [0, 0.05) is 6.42 Å². The molecule has 0 fully saturated rings. The lowest BCUT2D eigenvalue weighted by atomic mass is 10.1. The van der Waals surface area contributed by atoms with Crippen LogP contribution < -0.4 is 0 Å². The van der Waals surface area contributed by atoms with E-state index in [9.17, 15) is 9.59 Å². The maximum absolute atomic E-state index is 11.2. The summed E-state index contributed by atoms with van der Waals surface area (Å²) in [6.45, 7) is 3.90. The van der Waals surface area contributed by atoms with Crippen molar-refractivity contribution in [3.63, 3.8) is 0 Å². The molecule has 0 N–H and O–H groups in total. The Morgan fingerprint density at radius 3 is 2.29 bits per heavy atom. The molecule has 0 aromatic rings. The Labute approximate surface area is 86.4 Å². The smallest absolute Gasteiger partial charge is 0.221 e. The van der Waals surface area contributed by atoms with Crippen molar-refractivity contribution in [2.45, 2.75) is 52.4 Å². The Kier molecular flexibility index (Phi) is 8.10. The molecule has 0 aromatic heterocycles. The molecule has 0 saturated heterocycles. The van der Waals surface area contributed by atoms with Gasteiger partial charge in [0.05, 0.1) is 0 Å². The second kappa shape index (κ2) is 8.67. The second-order valence-corrected chi connectivity index (χ2v) is 3.45. The first kappa shape index (κ1) is 13.1. The SMILES string of the molecule is C/C=C/C(=O)C(=O)CCCCCCC. The van der Waals surface area contributed by atoms with Crippen molar-refractivity contribution in [1.82, 2.24) is 0 Å². The minimum atomic E-state index is -0.358. The van der Waals surface area contributed by atoms with E-state index in [0.29, 0.717) is 6.42 Å². The molecule has 80 valence electrons. The van der Waals surface area contributed by atoms with Gasteiger partial charge in [-0.3, -0.25) is 9.59 Å². The number of hydrogen-bond donors (Lipinski definition) is 0. The topological polar surface area (TPSA) is 34.1 Å². The van der Waals surface area contributed by atoms with Crippen LogP contribution in [0.3, 0.4) is 0 Å². The Bertz CT molecular complexity index is 204.